The molecule has 0 unspecified atom stereocenters. The normalized spacial score (nSPS) is 13.6. The second-order valence-corrected chi connectivity index (χ2v) is 17.9. The Bertz CT molecular complexity index is 3450. The predicted molar refractivity (Wildman–Crippen MR) is 273 cm³/mol. The van der Waals surface area contributed by atoms with Crippen molar-refractivity contribution in [3.63, 3.8) is 0 Å². The van der Waals surface area contributed by atoms with Crippen LogP contribution in [0, 0.1) is 12.9 Å². The number of hydrogen-bond acceptors (Lipinski definition) is 3. The van der Waals surface area contributed by atoms with Crippen LogP contribution >= 0.6 is 0 Å². The number of phenolic OH excluding ortho intramolecular Hbond substituents is 1. The topological polar surface area (TPSA) is 50.9 Å². The fraction of sp³-hybridized carbons (Fsp3) is 0.213. The molecule has 0 saturated carbocycles. The Balaban J connectivity index is 0.00000693. The first-order chi connectivity index (χ1) is 33.5. The van der Waals surface area contributed by atoms with E-state index in [4.69, 9.17) is 15.5 Å². The summed E-state index contributed by atoms with van der Waals surface area (Å²) in [7, 11) is 0. The van der Waals surface area contributed by atoms with Crippen molar-refractivity contribution in [3.05, 3.63) is 192 Å². The fourth-order valence-electron chi connectivity index (χ4n) is 8.93. The second kappa shape index (κ2) is 19.2. The van der Waals surface area contributed by atoms with Crippen LogP contribution in [0.2, 0.25) is 0 Å². The average molecular weight is 1050 g/mol. The van der Waals surface area contributed by atoms with Crippen LogP contribution in [-0.2, 0) is 21.1 Å². The molecule has 0 aliphatic heterocycles. The van der Waals surface area contributed by atoms with E-state index < -0.39 is 24.5 Å². The molecule has 9 rings (SSSR count). The maximum absolute atomic E-state index is 12.4. The zero-order valence-corrected chi connectivity index (χ0v) is 41.0. The van der Waals surface area contributed by atoms with Crippen molar-refractivity contribution in [2.75, 3.05) is 0 Å². The quantitative estimate of drug-likeness (QED) is 0.131. The third-order valence-corrected chi connectivity index (χ3v) is 12.3. The van der Waals surface area contributed by atoms with Crippen molar-refractivity contribution in [3.8, 4) is 78.6 Å². The number of rotatable bonds is 11. The van der Waals surface area contributed by atoms with E-state index in [1.807, 2.05) is 111 Å². The number of aromatic nitrogens is 3. The SMILES string of the molecule is [2H]C([2H])([2H])c1cc(-c2c(C(C)C)cccc2C([2H])(C)C)ccc1-n1c(-c2cc(C([2H])(C)C)cc(C([2H])(C)C)c2O)nc2c(-c3[c-]c(-c4cc(-c5ccccc5)ccn4)cc(-c4ccccc4)c3)cccc21.[Pt]. The molecule has 0 amide bonds. The number of para-hydroxylation sites is 1. The van der Waals surface area contributed by atoms with Gasteiger partial charge in [-0.15, -0.1) is 23.8 Å². The second-order valence-electron chi connectivity index (χ2n) is 17.9. The predicted octanol–water partition coefficient (Wildman–Crippen LogP) is 16.7. The zero-order chi connectivity index (χ0) is 50.8. The Hall–Kier alpha value is -6.35. The molecule has 0 aliphatic rings. The van der Waals surface area contributed by atoms with Crippen LogP contribution in [0.4, 0.5) is 0 Å². The van der Waals surface area contributed by atoms with Gasteiger partial charge in [0.05, 0.1) is 22.3 Å². The van der Waals surface area contributed by atoms with Gasteiger partial charge in [-0.3, -0.25) is 9.55 Å². The van der Waals surface area contributed by atoms with Gasteiger partial charge in [-0.2, -0.15) is 0 Å². The van der Waals surface area contributed by atoms with Crippen LogP contribution in [-0.4, -0.2) is 19.6 Å². The van der Waals surface area contributed by atoms with Gasteiger partial charge in [0.25, 0.3) is 0 Å². The van der Waals surface area contributed by atoms with E-state index in [9.17, 15) is 7.85 Å². The van der Waals surface area contributed by atoms with Crippen molar-refractivity contribution in [1.29, 1.82) is 0 Å². The molecule has 1 N–H and O–H groups in total. The maximum Gasteiger partial charge on any atom is 0.148 e. The van der Waals surface area contributed by atoms with E-state index in [1.54, 1.807) is 50.5 Å². The Morgan fingerprint density at radius 1 is 0.576 bits per heavy atom. The van der Waals surface area contributed by atoms with Crippen LogP contribution in [0.5, 0.6) is 5.75 Å². The van der Waals surface area contributed by atoms with Crippen LogP contribution in [0.25, 0.3) is 83.9 Å². The summed E-state index contributed by atoms with van der Waals surface area (Å²) in [6.07, 6.45) is 1.81. The van der Waals surface area contributed by atoms with Gasteiger partial charge < -0.3 is 5.11 Å². The Labute approximate surface area is 414 Å². The molecule has 0 saturated heterocycles. The van der Waals surface area contributed by atoms with Crippen molar-refractivity contribution >= 4 is 11.0 Å². The molecule has 7 aromatic carbocycles. The monoisotopic (exact) mass is 1050 g/mol. The van der Waals surface area contributed by atoms with Gasteiger partial charge in [-0.1, -0.05) is 181 Å². The molecular weight excluding hydrogens is 986 g/mol. The standard InChI is InChI=1S/C61H58N3O.Pt/c1-37(2)46-34-53(40(7)8)60(65)54(35-46)61-63-59-52(24-17-25-57(59)64(61)56-27-26-45(30-41(56)9)58-50(38(3)4)22-16-23-51(58)39(5)6)48-31-47(43-20-14-11-15-21-43)32-49(33-48)55-36-44(28-29-62-55)42-18-12-10-13-19-42;/h10-32,34-40,65H,1-9H3;/q-1;/i9D3,37D,38D,40D;. The van der Waals surface area contributed by atoms with Gasteiger partial charge in [-0.05, 0) is 116 Å². The first kappa shape index (κ1) is 38.9. The molecule has 0 atom stereocenters. The number of nitrogens with zero attached hydrogens (tertiary/aromatic N) is 3. The maximum atomic E-state index is 12.4. The average Bonchev–Trinajstić information content (AvgIpc) is 3.72. The number of imidazole rings is 1. The minimum Gasteiger partial charge on any atom is -0.507 e. The molecule has 2 heterocycles. The molecule has 2 aromatic heterocycles. The third kappa shape index (κ3) is 8.84. The van der Waals surface area contributed by atoms with Crippen molar-refractivity contribution in [1.82, 2.24) is 14.5 Å². The number of aryl methyl sites for hydroxylation is 1. The number of fused-ring (bicyclic) bond motifs is 1. The molecule has 0 aliphatic carbocycles. The molecule has 5 heteroatoms. The van der Waals surface area contributed by atoms with E-state index >= 15 is 0 Å². The largest absolute Gasteiger partial charge is 0.507 e. The first-order valence-corrected chi connectivity index (χ1v) is 22.3. The van der Waals surface area contributed by atoms with Gasteiger partial charge in [-0.25, -0.2) is 4.98 Å². The number of pyridine rings is 1. The molecular formula is C61H58N3OPt-. The van der Waals surface area contributed by atoms with E-state index in [1.165, 1.54) is 0 Å². The van der Waals surface area contributed by atoms with E-state index in [-0.39, 0.29) is 49.7 Å². The fourth-order valence-corrected chi connectivity index (χ4v) is 8.93. The summed E-state index contributed by atoms with van der Waals surface area (Å²) >= 11 is 0. The van der Waals surface area contributed by atoms with Gasteiger partial charge in [0, 0.05) is 41.2 Å². The minimum atomic E-state index is -2.64. The van der Waals surface area contributed by atoms with Crippen molar-refractivity contribution in [2.45, 2.75) is 85.8 Å². The summed E-state index contributed by atoms with van der Waals surface area (Å²) in [5.74, 6) is -3.27. The molecule has 0 spiro atoms. The minimum absolute atomic E-state index is 0. The van der Waals surface area contributed by atoms with Crippen molar-refractivity contribution < 1.29 is 34.4 Å². The molecule has 4 nitrogen and oxygen atoms in total. The summed E-state index contributed by atoms with van der Waals surface area (Å²) in [4.78, 5) is 10.3. The summed E-state index contributed by atoms with van der Waals surface area (Å²) in [5, 5.41) is 12.4. The zero-order valence-electron chi connectivity index (χ0n) is 44.7. The molecule has 66 heavy (non-hydrogen) atoms. The van der Waals surface area contributed by atoms with Crippen molar-refractivity contribution in [2.24, 2.45) is 0 Å². The number of hydrogen-bond donors (Lipinski definition) is 1. The van der Waals surface area contributed by atoms with Crippen LogP contribution in [0.15, 0.2) is 158 Å². The first-order valence-electron chi connectivity index (χ1n) is 25.3. The van der Waals surface area contributed by atoms with Crippen LogP contribution in [0.1, 0.15) is 115 Å². The Morgan fingerprint density at radius 3 is 1.91 bits per heavy atom. The number of benzene rings is 7. The van der Waals surface area contributed by atoms with E-state index in [2.05, 4.69) is 62.4 Å². The molecule has 0 fully saturated rings. The van der Waals surface area contributed by atoms with E-state index in [0.29, 0.717) is 39.0 Å². The summed E-state index contributed by atoms with van der Waals surface area (Å²) in [5.41, 5.74) is 12.8. The van der Waals surface area contributed by atoms with Gasteiger partial charge in [0.15, 0.2) is 0 Å². The van der Waals surface area contributed by atoms with Crippen LogP contribution < -0.4 is 0 Å². The summed E-state index contributed by atoms with van der Waals surface area (Å²) < 4.78 is 56.8. The van der Waals surface area contributed by atoms with E-state index in [0.717, 1.165) is 55.8 Å². The van der Waals surface area contributed by atoms with Crippen LogP contribution in [0.3, 0.4) is 0 Å². The third-order valence-electron chi connectivity index (χ3n) is 12.3. The Kier molecular flexibility index (Phi) is 11.3. The smallest absolute Gasteiger partial charge is 0.148 e. The number of phenols is 1. The molecule has 9 aromatic rings. The Morgan fingerprint density at radius 2 is 1.24 bits per heavy atom. The molecule has 334 valence electrons. The number of aromatic hydroxyl groups is 1. The van der Waals surface area contributed by atoms with Gasteiger partial charge in [0.1, 0.15) is 11.6 Å². The summed E-state index contributed by atoms with van der Waals surface area (Å²) in [6, 6.07) is 52.9. The molecule has 0 radical (unpaired) electrons. The van der Waals surface area contributed by atoms with Gasteiger partial charge >= 0.3 is 0 Å². The van der Waals surface area contributed by atoms with Gasteiger partial charge in [0.2, 0.25) is 0 Å². The summed E-state index contributed by atoms with van der Waals surface area (Å²) in [6.45, 7) is 12.1. The molecule has 0 bridgehead atoms.